The summed E-state index contributed by atoms with van der Waals surface area (Å²) >= 11 is 0. The van der Waals surface area contributed by atoms with Crippen LogP contribution in [-0.2, 0) is 81.0 Å². The Morgan fingerprint density at radius 1 is 0.442 bits per heavy atom. The fourth-order valence-electron chi connectivity index (χ4n) is 11.9. The van der Waals surface area contributed by atoms with E-state index in [4.69, 9.17) is 42.6 Å². The van der Waals surface area contributed by atoms with Crippen LogP contribution in [0.25, 0.3) is 0 Å². The maximum absolute atomic E-state index is 13.9. The molecule has 2 N–H and O–H groups in total. The number of hydrogen-bond acceptors (Lipinski definition) is 17. The molecule has 3 aliphatic rings. The van der Waals surface area contributed by atoms with Crippen molar-refractivity contribution in [2.75, 3.05) is 26.4 Å². The van der Waals surface area contributed by atoms with Gasteiger partial charge >= 0.3 is 17.9 Å². The van der Waals surface area contributed by atoms with Crippen LogP contribution in [0.15, 0.2) is 0 Å². The van der Waals surface area contributed by atoms with Crippen LogP contribution >= 0.6 is 0 Å². The molecular weight excluding hydrogens is 1100 g/mol. The van der Waals surface area contributed by atoms with Gasteiger partial charge in [-0.15, -0.1) is 0 Å². The lowest BCUT2D eigenvalue weighted by Crippen LogP contribution is -2.59. The maximum atomic E-state index is 13.9. The van der Waals surface area contributed by atoms with E-state index in [1.54, 1.807) is 0 Å². The number of esters is 3. The van der Waals surface area contributed by atoms with Gasteiger partial charge in [-0.25, -0.2) is 0 Å². The fraction of sp³-hybridized carbons (Fsp3) is 0.881. The van der Waals surface area contributed by atoms with Crippen molar-refractivity contribution < 1.29 is 81.0 Å². The standard InChI is InChI=1S/C67H116N2O17/c1-22-51(63(76)68-59(37(6)7)54(74)29-40(11)35(2)3)30-55(75)60(38(8)9)69-64(77)52(36(4)5)31-53(73)39(10)27-25-23-24-26-28-78-65-46(17)43(14)61(57(83-65)33-80-49(20)71)86-67-47(18)44(15)62(58(84-67)34-81-50(21)72)85-66-45(16)41(12)42(13)56(82-66)32-79-48(19)70/h35-47,51-52,56-62,65-67H,22-34H2,1-21H3,(H,68,76)(H,69,77)/t39-,40-,41-,42+,43+,44+,45?,46?,47?,51+,52-,56?,57?,58?,59-,60-,61+,62+,65+,66-,67-/m0/s1. The molecule has 0 radical (unpaired) electrons. The molecule has 19 nitrogen and oxygen atoms in total. The van der Waals surface area contributed by atoms with Crippen molar-refractivity contribution >= 4 is 47.1 Å². The van der Waals surface area contributed by atoms with Crippen LogP contribution in [0.3, 0.4) is 0 Å². The molecule has 3 fully saturated rings. The van der Waals surface area contributed by atoms with E-state index in [1.807, 2.05) is 76.2 Å². The predicted octanol–water partition coefficient (Wildman–Crippen LogP) is 10.4. The monoisotopic (exact) mass is 1220 g/mol. The summed E-state index contributed by atoms with van der Waals surface area (Å²) < 4.78 is 56.2. The molecule has 0 bridgehead atoms. The van der Waals surface area contributed by atoms with Crippen LogP contribution < -0.4 is 10.6 Å². The SMILES string of the molecule is CC[C@H](CC(=O)[C@@H](NC(=O)[C@@H](CC(=O)[C@@H](C)CCCCCCO[C@@H]1OC(COC(C)=O)[C@H](O[C@@H]2OC(COC(C)=O)[C@H](O[C@@H]3OC(COC(C)=O)[C@H](C)[C@H](C)C3C)[C@H](C)C2C)[C@H](C)C1C)C(C)C)C(C)C)C(=O)N[C@H](C(=O)C[C@H](C)C(C)C)C(C)C. The van der Waals surface area contributed by atoms with E-state index in [2.05, 4.69) is 59.1 Å². The third kappa shape index (κ3) is 23.2. The summed E-state index contributed by atoms with van der Waals surface area (Å²) in [4.78, 5) is 105. The summed E-state index contributed by atoms with van der Waals surface area (Å²) in [6.45, 7) is 40.1. The minimum Gasteiger partial charge on any atom is -0.463 e. The molecule has 496 valence electrons. The molecule has 0 aromatic carbocycles. The normalized spacial score (nSPS) is 30.0. The highest BCUT2D eigenvalue weighted by atomic mass is 16.7. The number of ether oxygens (including phenoxy) is 9. The molecule has 3 heterocycles. The van der Waals surface area contributed by atoms with Crippen LogP contribution in [0.1, 0.15) is 203 Å². The molecule has 6 unspecified atom stereocenters. The van der Waals surface area contributed by atoms with Gasteiger partial charge in [0.05, 0.1) is 30.4 Å². The van der Waals surface area contributed by atoms with Gasteiger partial charge in [0, 0.05) is 82.1 Å². The highest BCUT2D eigenvalue weighted by molar-refractivity contribution is 5.95. The number of rotatable bonds is 36. The summed E-state index contributed by atoms with van der Waals surface area (Å²) in [5, 5.41) is 5.94. The van der Waals surface area contributed by atoms with Gasteiger partial charge in [0.25, 0.3) is 0 Å². The van der Waals surface area contributed by atoms with E-state index in [1.165, 1.54) is 20.8 Å². The first kappa shape index (κ1) is 76.4. The van der Waals surface area contributed by atoms with E-state index in [-0.39, 0.29) is 145 Å². The average Bonchev–Trinajstić information content (AvgIpc) is 3.54. The Morgan fingerprint density at radius 3 is 1.34 bits per heavy atom. The second-order valence-corrected chi connectivity index (χ2v) is 27.4. The molecule has 0 spiro atoms. The summed E-state index contributed by atoms with van der Waals surface area (Å²) in [7, 11) is 0. The molecule has 19 heteroatoms. The van der Waals surface area contributed by atoms with Gasteiger partial charge in [0.15, 0.2) is 30.4 Å². The molecule has 0 aromatic heterocycles. The van der Waals surface area contributed by atoms with Gasteiger partial charge in [0.1, 0.15) is 37.8 Å². The number of hydrogen-bond donors (Lipinski definition) is 2. The number of amides is 2. The van der Waals surface area contributed by atoms with Crippen molar-refractivity contribution in [2.45, 2.75) is 265 Å². The van der Waals surface area contributed by atoms with Crippen LogP contribution in [0.2, 0.25) is 0 Å². The quantitative estimate of drug-likeness (QED) is 0.0336. The lowest BCUT2D eigenvalue weighted by atomic mass is 9.78. The lowest BCUT2D eigenvalue weighted by molar-refractivity contribution is -0.352. The Hall–Kier alpha value is -3.88. The molecule has 0 aromatic rings. The van der Waals surface area contributed by atoms with Crippen molar-refractivity contribution in [3.63, 3.8) is 0 Å². The lowest BCUT2D eigenvalue weighted by Gasteiger charge is -2.50. The van der Waals surface area contributed by atoms with Crippen molar-refractivity contribution in [1.29, 1.82) is 0 Å². The first-order valence-electron chi connectivity index (χ1n) is 32.7. The number of nitrogens with one attached hydrogen (secondary N) is 2. The third-order valence-corrected chi connectivity index (χ3v) is 19.3. The molecule has 3 rings (SSSR count). The maximum Gasteiger partial charge on any atom is 0.302 e. The van der Waals surface area contributed by atoms with E-state index in [0.29, 0.717) is 31.8 Å². The largest absolute Gasteiger partial charge is 0.463 e. The van der Waals surface area contributed by atoms with Crippen molar-refractivity contribution in [3.8, 4) is 0 Å². The van der Waals surface area contributed by atoms with Crippen molar-refractivity contribution in [1.82, 2.24) is 10.6 Å². The summed E-state index contributed by atoms with van der Waals surface area (Å²) in [6, 6.07) is -1.50. The highest BCUT2D eigenvalue weighted by Gasteiger charge is 2.51. The van der Waals surface area contributed by atoms with Gasteiger partial charge in [-0.1, -0.05) is 144 Å². The van der Waals surface area contributed by atoms with E-state index in [0.717, 1.165) is 25.7 Å². The van der Waals surface area contributed by atoms with Crippen molar-refractivity contribution in [2.24, 2.45) is 88.8 Å². The number of carbonyl (C=O) groups is 8. The molecule has 3 aliphatic heterocycles. The Labute approximate surface area is 516 Å². The van der Waals surface area contributed by atoms with E-state index in [9.17, 15) is 38.4 Å². The van der Waals surface area contributed by atoms with Crippen LogP contribution in [0.5, 0.6) is 0 Å². The molecule has 2 amide bonds. The number of ketones is 3. The van der Waals surface area contributed by atoms with Gasteiger partial charge < -0.3 is 53.3 Å². The van der Waals surface area contributed by atoms with Crippen LogP contribution in [0.4, 0.5) is 0 Å². The minimum absolute atomic E-state index is 0.00591. The van der Waals surface area contributed by atoms with Gasteiger partial charge in [-0.05, 0) is 72.5 Å². The summed E-state index contributed by atoms with van der Waals surface area (Å²) in [5.74, 6) is -4.32. The molecular formula is C67H116N2O17. The number of Topliss-reactive ketones (excluding diaryl/α,β-unsaturated/α-hetero) is 3. The van der Waals surface area contributed by atoms with E-state index < -0.39 is 79.1 Å². The zero-order valence-corrected chi connectivity index (χ0v) is 56.6. The van der Waals surface area contributed by atoms with Gasteiger partial charge in [0.2, 0.25) is 11.8 Å². The first-order chi connectivity index (χ1) is 40.2. The highest BCUT2D eigenvalue weighted by Crippen LogP contribution is 2.42. The van der Waals surface area contributed by atoms with Gasteiger partial charge in [-0.3, -0.25) is 38.4 Å². The molecule has 21 atom stereocenters. The zero-order chi connectivity index (χ0) is 65.0. The number of carbonyl (C=O) groups excluding carboxylic acids is 8. The van der Waals surface area contributed by atoms with Crippen LogP contribution in [0, 0.1) is 88.8 Å². The third-order valence-electron chi connectivity index (χ3n) is 19.3. The molecule has 0 saturated carbocycles. The second kappa shape index (κ2) is 36.7. The second-order valence-electron chi connectivity index (χ2n) is 27.4. The Kier molecular flexibility index (Phi) is 32.6. The van der Waals surface area contributed by atoms with Gasteiger partial charge in [-0.2, -0.15) is 0 Å². The van der Waals surface area contributed by atoms with E-state index >= 15 is 0 Å². The average molecular weight is 1220 g/mol. The summed E-state index contributed by atoms with van der Waals surface area (Å²) in [5.41, 5.74) is 0. The fourth-order valence-corrected chi connectivity index (χ4v) is 11.9. The minimum atomic E-state index is -0.847. The molecule has 86 heavy (non-hydrogen) atoms. The zero-order valence-electron chi connectivity index (χ0n) is 56.6. The topological polar surface area (TPSA) is 244 Å². The first-order valence-corrected chi connectivity index (χ1v) is 32.7. The Bertz CT molecular complexity index is 2150. The predicted molar refractivity (Wildman–Crippen MR) is 326 cm³/mol. The molecule has 0 aliphatic carbocycles. The Balaban J connectivity index is 1.56. The van der Waals surface area contributed by atoms with Crippen LogP contribution in [-0.4, -0.2) is 135 Å². The van der Waals surface area contributed by atoms with Crippen molar-refractivity contribution in [3.05, 3.63) is 0 Å². The Morgan fingerprint density at radius 2 is 0.872 bits per heavy atom. The summed E-state index contributed by atoms with van der Waals surface area (Å²) in [6.07, 6.45) is -0.320. The number of unbranched alkanes of at least 4 members (excludes halogenated alkanes) is 3. The molecule has 3 saturated heterocycles. The smallest absolute Gasteiger partial charge is 0.302 e.